The fourth-order valence-electron chi connectivity index (χ4n) is 4.39. The summed E-state index contributed by atoms with van der Waals surface area (Å²) in [5.74, 6) is 0.945. The molecule has 0 saturated heterocycles. The van der Waals surface area contributed by atoms with Crippen LogP contribution in [0.2, 0.25) is 0 Å². The molecule has 4 heterocycles. The summed E-state index contributed by atoms with van der Waals surface area (Å²) in [6, 6.07) is 11.0. The van der Waals surface area contributed by atoms with Crippen molar-refractivity contribution in [3.8, 4) is 11.3 Å². The average Bonchev–Trinajstić information content (AvgIpc) is 3.30. The molecule has 3 aromatic rings. The number of anilines is 1. The van der Waals surface area contributed by atoms with Gasteiger partial charge in [-0.05, 0) is 38.0 Å². The summed E-state index contributed by atoms with van der Waals surface area (Å²) in [7, 11) is 1.78. The summed E-state index contributed by atoms with van der Waals surface area (Å²) < 4.78 is 15.1. The zero-order valence-electron chi connectivity index (χ0n) is 18.6. The number of benzene rings is 1. The first-order valence-electron chi connectivity index (χ1n) is 10.7. The molecule has 0 fully saturated rings. The summed E-state index contributed by atoms with van der Waals surface area (Å²) in [6.45, 7) is 7.40. The van der Waals surface area contributed by atoms with Crippen LogP contribution >= 0.6 is 0 Å². The van der Waals surface area contributed by atoms with Crippen molar-refractivity contribution in [2.45, 2.75) is 39.3 Å². The second-order valence-electron chi connectivity index (χ2n) is 8.89. The van der Waals surface area contributed by atoms with E-state index >= 15 is 0 Å². The number of pyridine rings is 1. The number of guanidine groups is 1. The van der Waals surface area contributed by atoms with Gasteiger partial charge < -0.3 is 0 Å². The van der Waals surface area contributed by atoms with E-state index in [1.165, 1.54) is 12.3 Å². The highest BCUT2D eigenvalue weighted by Crippen LogP contribution is 2.36. The van der Waals surface area contributed by atoms with Gasteiger partial charge in [0.05, 0.1) is 36.2 Å². The Morgan fingerprint density at radius 2 is 1.88 bits per heavy atom. The molecular formula is C24H25FN6O. The standard InChI is InChI=1S/C24H25FN6O/c1-5-19-20-21(30-14-24(2,3)27-23(30)29(4)22(20)32)28-31(19)13-15-6-8-16(9-7-15)18-11-10-17(25)12-26-18/h6-12H,5,13-14H2,1-4H3. The number of hydrogen-bond donors (Lipinski definition) is 0. The van der Waals surface area contributed by atoms with E-state index in [-0.39, 0.29) is 17.3 Å². The Bertz CT molecular complexity index is 1230. The number of amides is 1. The van der Waals surface area contributed by atoms with E-state index in [1.807, 2.05) is 35.9 Å². The van der Waals surface area contributed by atoms with Crippen molar-refractivity contribution < 1.29 is 9.18 Å². The SMILES string of the molecule is CCc1c2c(nn1Cc1ccc(-c3ccc(F)cn3)cc1)N1CC(C)(C)N=C1N(C)C2=O. The molecule has 164 valence electrons. The molecule has 7 nitrogen and oxygen atoms in total. The first-order valence-corrected chi connectivity index (χ1v) is 10.7. The number of aromatic nitrogens is 3. The van der Waals surface area contributed by atoms with Crippen molar-refractivity contribution >= 4 is 17.7 Å². The van der Waals surface area contributed by atoms with Gasteiger partial charge in [-0.15, -0.1) is 0 Å². The first-order chi connectivity index (χ1) is 15.3. The molecule has 2 aliphatic heterocycles. The van der Waals surface area contributed by atoms with Gasteiger partial charge in [0.2, 0.25) is 5.96 Å². The second kappa shape index (κ2) is 7.25. The molecule has 5 rings (SSSR count). The molecule has 0 unspecified atom stereocenters. The van der Waals surface area contributed by atoms with Crippen LogP contribution in [0.1, 0.15) is 42.4 Å². The van der Waals surface area contributed by atoms with Gasteiger partial charge in [-0.2, -0.15) is 5.10 Å². The van der Waals surface area contributed by atoms with Gasteiger partial charge in [-0.3, -0.25) is 24.3 Å². The van der Waals surface area contributed by atoms with Crippen molar-refractivity contribution in [3.05, 3.63) is 65.2 Å². The van der Waals surface area contributed by atoms with Crippen LogP contribution in [-0.2, 0) is 13.0 Å². The van der Waals surface area contributed by atoms with E-state index in [2.05, 4.69) is 23.7 Å². The Morgan fingerprint density at radius 3 is 2.53 bits per heavy atom. The predicted octanol–water partition coefficient (Wildman–Crippen LogP) is 3.74. The summed E-state index contributed by atoms with van der Waals surface area (Å²) in [5.41, 5.74) is 4.01. The number of halogens is 1. The fraction of sp³-hybridized carbons (Fsp3) is 0.333. The normalized spacial score (nSPS) is 16.8. The fourth-order valence-corrected chi connectivity index (χ4v) is 4.39. The Labute approximate surface area is 186 Å². The van der Waals surface area contributed by atoms with Crippen LogP contribution < -0.4 is 4.90 Å². The third-order valence-electron chi connectivity index (χ3n) is 5.95. The highest BCUT2D eigenvalue weighted by atomic mass is 19.1. The summed E-state index contributed by atoms with van der Waals surface area (Å²) in [6.07, 6.45) is 1.92. The molecule has 0 N–H and O–H groups in total. The molecule has 0 bridgehead atoms. The van der Waals surface area contributed by atoms with Crippen LogP contribution in [0.15, 0.2) is 47.6 Å². The van der Waals surface area contributed by atoms with Crippen molar-refractivity contribution in [1.82, 2.24) is 19.7 Å². The number of rotatable bonds is 4. The highest BCUT2D eigenvalue weighted by molar-refractivity contribution is 6.19. The molecule has 0 aliphatic carbocycles. The maximum absolute atomic E-state index is 13.2. The van der Waals surface area contributed by atoms with Crippen LogP contribution in [0, 0.1) is 5.82 Å². The molecule has 0 radical (unpaired) electrons. The molecule has 0 spiro atoms. The van der Waals surface area contributed by atoms with Gasteiger partial charge in [0, 0.05) is 12.6 Å². The minimum Gasteiger partial charge on any atom is -0.292 e. The Balaban J connectivity index is 1.48. The van der Waals surface area contributed by atoms with E-state index in [4.69, 9.17) is 10.1 Å². The van der Waals surface area contributed by atoms with E-state index < -0.39 is 0 Å². The van der Waals surface area contributed by atoms with Crippen molar-refractivity contribution in [2.24, 2.45) is 4.99 Å². The largest absolute Gasteiger partial charge is 0.292 e. The molecule has 1 amide bonds. The predicted molar refractivity (Wildman–Crippen MR) is 121 cm³/mol. The maximum atomic E-state index is 13.2. The van der Waals surface area contributed by atoms with Crippen LogP contribution in [0.5, 0.6) is 0 Å². The topological polar surface area (TPSA) is 66.6 Å². The Kier molecular flexibility index (Phi) is 4.62. The van der Waals surface area contributed by atoms with Gasteiger partial charge in [-0.1, -0.05) is 31.2 Å². The van der Waals surface area contributed by atoms with Gasteiger partial charge in [0.15, 0.2) is 5.82 Å². The van der Waals surface area contributed by atoms with Crippen LogP contribution in [0.3, 0.4) is 0 Å². The number of fused-ring (bicyclic) bond motifs is 3. The second-order valence-corrected chi connectivity index (χ2v) is 8.89. The van der Waals surface area contributed by atoms with Gasteiger partial charge in [-0.25, -0.2) is 9.38 Å². The number of carbonyl (C=O) groups is 1. The van der Waals surface area contributed by atoms with Gasteiger partial charge in [0.1, 0.15) is 11.4 Å². The van der Waals surface area contributed by atoms with E-state index in [9.17, 15) is 9.18 Å². The maximum Gasteiger partial charge on any atom is 0.266 e. The smallest absolute Gasteiger partial charge is 0.266 e. The Hall–Kier alpha value is -3.55. The molecule has 1 aromatic carbocycles. The molecule has 0 atom stereocenters. The minimum absolute atomic E-state index is 0.0615. The monoisotopic (exact) mass is 432 g/mol. The lowest BCUT2D eigenvalue weighted by atomic mass is 10.1. The summed E-state index contributed by atoms with van der Waals surface area (Å²) in [4.78, 5) is 25.7. The van der Waals surface area contributed by atoms with E-state index in [1.54, 1.807) is 18.0 Å². The number of carbonyl (C=O) groups excluding carboxylic acids is 1. The zero-order valence-corrected chi connectivity index (χ0v) is 18.6. The average molecular weight is 433 g/mol. The molecule has 2 aliphatic rings. The lowest BCUT2D eigenvalue weighted by molar-refractivity contribution is 0.0864. The number of aliphatic imine (C=N–C) groups is 1. The van der Waals surface area contributed by atoms with Crippen molar-refractivity contribution in [2.75, 3.05) is 18.5 Å². The quantitative estimate of drug-likeness (QED) is 0.630. The minimum atomic E-state index is -0.352. The van der Waals surface area contributed by atoms with Crippen molar-refractivity contribution in [1.29, 1.82) is 0 Å². The lowest BCUT2D eigenvalue weighted by Gasteiger charge is -2.30. The van der Waals surface area contributed by atoms with Gasteiger partial charge in [0.25, 0.3) is 5.91 Å². The molecule has 32 heavy (non-hydrogen) atoms. The lowest BCUT2D eigenvalue weighted by Crippen LogP contribution is -2.48. The molecule has 0 saturated carbocycles. The summed E-state index contributed by atoms with van der Waals surface area (Å²) in [5, 5.41) is 4.86. The van der Waals surface area contributed by atoms with Crippen LogP contribution in [0.4, 0.5) is 10.2 Å². The molecular weight excluding hydrogens is 407 g/mol. The number of hydrogen-bond acceptors (Lipinski definition) is 5. The van der Waals surface area contributed by atoms with Crippen molar-refractivity contribution in [3.63, 3.8) is 0 Å². The van der Waals surface area contributed by atoms with Crippen LogP contribution in [-0.4, -0.2) is 50.7 Å². The van der Waals surface area contributed by atoms with Crippen LogP contribution in [0.25, 0.3) is 11.3 Å². The van der Waals surface area contributed by atoms with E-state index in [0.29, 0.717) is 36.9 Å². The molecule has 2 aromatic heterocycles. The zero-order chi connectivity index (χ0) is 22.6. The third-order valence-corrected chi connectivity index (χ3v) is 5.95. The Morgan fingerprint density at radius 1 is 1.12 bits per heavy atom. The van der Waals surface area contributed by atoms with E-state index in [0.717, 1.165) is 22.5 Å². The first kappa shape index (κ1) is 20.4. The third kappa shape index (κ3) is 3.26. The van der Waals surface area contributed by atoms with Gasteiger partial charge >= 0.3 is 0 Å². The highest BCUT2D eigenvalue weighted by Gasteiger charge is 2.44. The number of nitrogens with zero attached hydrogens (tertiary/aromatic N) is 6. The summed E-state index contributed by atoms with van der Waals surface area (Å²) >= 11 is 0. The molecule has 8 heteroatoms.